The van der Waals surface area contributed by atoms with Crippen molar-refractivity contribution in [2.24, 2.45) is 0 Å². The Labute approximate surface area is 89.2 Å². The molecule has 0 aliphatic carbocycles. The number of hydrogen-bond donors (Lipinski definition) is 1. The largest absolute Gasteiger partial charge is 0.493 e. The molecule has 3 heteroatoms. The molecule has 1 aromatic rings. The van der Waals surface area contributed by atoms with Crippen molar-refractivity contribution in [2.75, 3.05) is 13.2 Å². The van der Waals surface area contributed by atoms with Crippen LogP contribution in [-0.4, -0.2) is 18.3 Å². The SMILES string of the molecule is N#CCCOc1ccc(C=CCO)cc1. The van der Waals surface area contributed by atoms with Crippen LogP contribution in [-0.2, 0) is 0 Å². The maximum atomic E-state index is 8.58. The first-order valence-corrected chi connectivity index (χ1v) is 4.74. The molecule has 0 spiro atoms. The standard InChI is InChI=1S/C12H13NO2/c13-8-2-10-15-12-6-4-11(5-7-12)3-1-9-14/h1,3-7,14H,2,9-10H2. The van der Waals surface area contributed by atoms with Gasteiger partial charge < -0.3 is 9.84 Å². The molecule has 1 aromatic carbocycles. The first-order chi connectivity index (χ1) is 7.36. The Hall–Kier alpha value is -1.79. The van der Waals surface area contributed by atoms with E-state index >= 15 is 0 Å². The summed E-state index contributed by atoms with van der Waals surface area (Å²) in [4.78, 5) is 0. The van der Waals surface area contributed by atoms with Gasteiger partial charge in [-0.3, -0.25) is 0 Å². The molecular weight excluding hydrogens is 190 g/mol. The lowest BCUT2D eigenvalue weighted by Crippen LogP contribution is -1.95. The van der Waals surface area contributed by atoms with Crippen LogP contribution in [0.5, 0.6) is 5.75 Å². The van der Waals surface area contributed by atoms with E-state index in [0.717, 1.165) is 11.3 Å². The third kappa shape index (κ3) is 4.30. The fourth-order valence-corrected chi connectivity index (χ4v) is 1.08. The lowest BCUT2D eigenvalue weighted by atomic mass is 10.2. The summed E-state index contributed by atoms with van der Waals surface area (Å²) in [5.74, 6) is 0.756. The van der Waals surface area contributed by atoms with Crippen molar-refractivity contribution >= 4 is 6.08 Å². The van der Waals surface area contributed by atoms with E-state index in [2.05, 4.69) is 0 Å². The Morgan fingerprint density at radius 1 is 1.33 bits per heavy atom. The molecule has 1 N–H and O–H groups in total. The van der Waals surface area contributed by atoms with Gasteiger partial charge in [-0.15, -0.1) is 0 Å². The van der Waals surface area contributed by atoms with Gasteiger partial charge in [0.05, 0.1) is 19.1 Å². The second-order valence-electron chi connectivity index (χ2n) is 2.91. The van der Waals surface area contributed by atoms with Gasteiger partial charge in [0.25, 0.3) is 0 Å². The van der Waals surface area contributed by atoms with Gasteiger partial charge >= 0.3 is 0 Å². The first kappa shape index (κ1) is 11.3. The van der Waals surface area contributed by atoms with Crippen molar-refractivity contribution in [3.05, 3.63) is 35.9 Å². The summed E-state index contributed by atoms with van der Waals surface area (Å²) < 4.78 is 5.31. The third-order valence-corrected chi connectivity index (χ3v) is 1.78. The Morgan fingerprint density at radius 2 is 2.07 bits per heavy atom. The van der Waals surface area contributed by atoms with Gasteiger partial charge in [-0.05, 0) is 17.7 Å². The van der Waals surface area contributed by atoms with Crippen LogP contribution in [0.25, 0.3) is 6.08 Å². The van der Waals surface area contributed by atoms with Crippen LogP contribution < -0.4 is 4.74 Å². The summed E-state index contributed by atoms with van der Waals surface area (Å²) in [6.07, 6.45) is 3.90. The van der Waals surface area contributed by atoms with Gasteiger partial charge in [-0.25, -0.2) is 0 Å². The van der Waals surface area contributed by atoms with E-state index in [-0.39, 0.29) is 6.61 Å². The van der Waals surface area contributed by atoms with Crippen LogP contribution in [0.2, 0.25) is 0 Å². The van der Waals surface area contributed by atoms with Gasteiger partial charge in [0.2, 0.25) is 0 Å². The third-order valence-electron chi connectivity index (χ3n) is 1.78. The number of aliphatic hydroxyl groups excluding tert-OH is 1. The Morgan fingerprint density at radius 3 is 2.67 bits per heavy atom. The normalized spacial score (nSPS) is 10.1. The van der Waals surface area contributed by atoms with E-state index in [1.54, 1.807) is 6.08 Å². The zero-order valence-corrected chi connectivity index (χ0v) is 8.39. The second kappa shape index (κ2) is 6.63. The molecule has 0 aromatic heterocycles. The molecule has 1 rings (SSSR count). The second-order valence-corrected chi connectivity index (χ2v) is 2.91. The van der Waals surface area contributed by atoms with Crippen LogP contribution in [0.15, 0.2) is 30.3 Å². The minimum absolute atomic E-state index is 0.0421. The van der Waals surface area contributed by atoms with Gasteiger partial charge in [0.15, 0.2) is 0 Å². The lowest BCUT2D eigenvalue weighted by molar-refractivity contribution is 0.326. The molecule has 0 amide bonds. The smallest absolute Gasteiger partial charge is 0.119 e. The van der Waals surface area contributed by atoms with Crippen LogP contribution in [0.3, 0.4) is 0 Å². The Kier molecular flexibility index (Phi) is 4.99. The highest BCUT2D eigenvalue weighted by molar-refractivity contribution is 5.50. The lowest BCUT2D eigenvalue weighted by Gasteiger charge is -2.03. The van der Waals surface area contributed by atoms with Crippen LogP contribution in [0.1, 0.15) is 12.0 Å². The summed E-state index contributed by atoms with van der Waals surface area (Å²) in [5, 5.41) is 16.9. The van der Waals surface area contributed by atoms with Crippen molar-refractivity contribution in [3.63, 3.8) is 0 Å². The molecule has 0 fully saturated rings. The molecule has 15 heavy (non-hydrogen) atoms. The number of nitriles is 1. The highest BCUT2D eigenvalue weighted by Crippen LogP contribution is 2.13. The minimum Gasteiger partial charge on any atom is -0.493 e. The van der Waals surface area contributed by atoms with Gasteiger partial charge in [0, 0.05) is 0 Å². The highest BCUT2D eigenvalue weighted by atomic mass is 16.5. The number of aliphatic hydroxyl groups is 1. The summed E-state index contributed by atoms with van der Waals surface area (Å²) in [6.45, 7) is 0.461. The highest BCUT2D eigenvalue weighted by Gasteiger charge is 1.92. The predicted octanol–water partition coefficient (Wildman–Crippen LogP) is 1.98. The number of nitrogens with zero attached hydrogens (tertiary/aromatic N) is 1. The molecule has 0 atom stereocenters. The van der Waals surface area contributed by atoms with E-state index in [1.807, 2.05) is 36.4 Å². The molecule has 0 aliphatic heterocycles. The number of benzene rings is 1. The topological polar surface area (TPSA) is 53.2 Å². The molecule has 3 nitrogen and oxygen atoms in total. The summed E-state index contributed by atoms with van der Waals surface area (Å²) in [7, 11) is 0. The Bertz CT molecular complexity index is 349. The Balaban J connectivity index is 2.49. The quantitative estimate of drug-likeness (QED) is 0.744. The van der Waals surface area contributed by atoms with Crippen LogP contribution in [0.4, 0.5) is 0 Å². The molecule has 0 saturated carbocycles. The fraction of sp³-hybridized carbons (Fsp3) is 0.250. The average Bonchev–Trinajstić information content (AvgIpc) is 2.28. The summed E-state index contributed by atoms with van der Waals surface area (Å²) >= 11 is 0. The van der Waals surface area contributed by atoms with E-state index in [0.29, 0.717) is 13.0 Å². The molecule has 0 radical (unpaired) electrons. The zero-order valence-electron chi connectivity index (χ0n) is 8.39. The number of hydrogen-bond acceptors (Lipinski definition) is 3. The number of ether oxygens (including phenoxy) is 1. The maximum absolute atomic E-state index is 8.58. The average molecular weight is 203 g/mol. The first-order valence-electron chi connectivity index (χ1n) is 4.74. The van der Waals surface area contributed by atoms with Gasteiger partial charge in [-0.1, -0.05) is 24.3 Å². The summed E-state index contributed by atoms with van der Waals surface area (Å²) in [5.41, 5.74) is 1.01. The number of rotatable bonds is 5. The van der Waals surface area contributed by atoms with Gasteiger partial charge in [0.1, 0.15) is 12.4 Å². The van der Waals surface area contributed by atoms with E-state index < -0.39 is 0 Å². The van der Waals surface area contributed by atoms with Gasteiger partial charge in [-0.2, -0.15) is 5.26 Å². The van der Waals surface area contributed by atoms with Crippen molar-refractivity contribution in [3.8, 4) is 11.8 Å². The van der Waals surface area contributed by atoms with Crippen molar-refractivity contribution in [2.45, 2.75) is 6.42 Å². The van der Waals surface area contributed by atoms with Crippen molar-refractivity contribution < 1.29 is 9.84 Å². The zero-order chi connectivity index (χ0) is 10.9. The summed E-state index contributed by atoms with van der Waals surface area (Å²) in [6, 6.07) is 9.49. The minimum atomic E-state index is 0.0421. The molecule has 0 heterocycles. The van der Waals surface area contributed by atoms with E-state index in [4.69, 9.17) is 15.1 Å². The monoisotopic (exact) mass is 203 g/mol. The van der Waals surface area contributed by atoms with Crippen LogP contribution in [0, 0.1) is 11.3 Å². The molecule has 0 aliphatic rings. The molecule has 0 unspecified atom stereocenters. The molecular formula is C12H13NO2. The predicted molar refractivity (Wildman–Crippen MR) is 58.3 cm³/mol. The molecule has 0 bridgehead atoms. The van der Waals surface area contributed by atoms with Crippen molar-refractivity contribution in [1.29, 1.82) is 5.26 Å². The van der Waals surface area contributed by atoms with E-state index in [1.165, 1.54) is 0 Å². The van der Waals surface area contributed by atoms with Crippen molar-refractivity contribution in [1.82, 2.24) is 0 Å². The molecule has 78 valence electrons. The van der Waals surface area contributed by atoms with E-state index in [9.17, 15) is 0 Å². The van der Waals surface area contributed by atoms with Crippen LogP contribution >= 0.6 is 0 Å². The fourth-order valence-electron chi connectivity index (χ4n) is 1.08. The molecule has 0 saturated heterocycles. The maximum Gasteiger partial charge on any atom is 0.119 e.